The van der Waals surface area contributed by atoms with Gasteiger partial charge < -0.3 is 10.2 Å². The van der Waals surface area contributed by atoms with Crippen LogP contribution in [0.5, 0.6) is 5.75 Å². The highest BCUT2D eigenvalue weighted by molar-refractivity contribution is 5.41. The average Bonchev–Trinajstić information content (AvgIpc) is 2.14. The van der Waals surface area contributed by atoms with E-state index in [9.17, 15) is 22.0 Å². The predicted octanol–water partition coefficient (Wildman–Crippen LogP) is 2.24. The molecule has 1 aromatic heterocycles. The summed E-state index contributed by atoms with van der Waals surface area (Å²) in [6.07, 6.45) is -8.18. The Hall–Kier alpha value is -1.44. The van der Waals surface area contributed by atoms with Crippen LogP contribution in [0, 0.1) is 0 Å². The maximum absolute atomic E-state index is 12.4. The number of halogens is 5. The Balaban J connectivity index is 3.52. The summed E-state index contributed by atoms with van der Waals surface area (Å²) in [6, 6.07) is 0. The number of aliphatic hydroxyl groups excluding tert-OH is 1. The van der Waals surface area contributed by atoms with Gasteiger partial charge in [0.2, 0.25) is 0 Å². The van der Waals surface area contributed by atoms with Crippen LogP contribution in [0.25, 0.3) is 0 Å². The predicted molar refractivity (Wildman–Crippen MR) is 41.8 cm³/mol. The third-order valence-corrected chi connectivity index (χ3v) is 1.85. The van der Waals surface area contributed by atoms with E-state index in [1.807, 2.05) is 0 Å². The summed E-state index contributed by atoms with van der Waals surface area (Å²) < 4.78 is 61.7. The van der Waals surface area contributed by atoms with Gasteiger partial charge in [-0.05, 0) is 0 Å². The molecule has 1 aromatic rings. The Morgan fingerprint density at radius 3 is 2.25 bits per heavy atom. The van der Waals surface area contributed by atoms with E-state index in [4.69, 9.17) is 10.2 Å². The van der Waals surface area contributed by atoms with Crippen molar-refractivity contribution in [2.75, 3.05) is 0 Å². The van der Waals surface area contributed by atoms with Crippen molar-refractivity contribution in [1.29, 1.82) is 0 Å². The highest BCUT2D eigenvalue weighted by atomic mass is 19.4. The molecular weight excluding hydrogens is 237 g/mol. The first-order valence-corrected chi connectivity index (χ1v) is 3.96. The van der Waals surface area contributed by atoms with Crippen molar-refractivity contribution in [1.82, 2.24) is 4.98 Å². The second-order valence-corrected chi connectivity index (χ2v) is 2.84. The van der Waals surface area contributed by atoms with Gasteiger partial charge in [-0.25, -0.2) is 13.8 Å². The molecular formula is C8H6F5NO2. The number of aromatic hydroxyl groups is 1. The lowest BCUT2D eigenvalue weighted by Crippen LogP contribution is -2.14. The van der Waals surface area contributed by atoms with E-state index in [0.29, 0.717) is 6.20 Å². The van der Waals surface area contributed by atoms with Crippen molar-refractivity contribution in [3.05, 3.63) is 23.0 Å². The van der Waals surface area contributed by atoms with Crippen molar-refractivity contribution >= 4 is 0 Å². The maximum Gasteiger partial charge on any atom is 0.433 e. The number of aliphatic hydroxyl groups is 1. The fourth-order valence-electron chi connectivity index (χ4n) is 1.18. The van der Waals surface area contributed by atoms with Crippen molar-refractivity contribution in [2.45, 2.75) is 19.2 Å². The number of hydrogen-bond donors (Lipinski definition) is 2. The Bertz CT molecular complexity index is 391. The average molecular weight is 243 g/mol. The van der Waals surface area contributed by atoms with Crippen LogP contribution in [0.1, 0.15) is 23.2 Å². The molecule has 0 bridgehead atoms. The van der Waals surface area contributed by atoms with Gasteiger partial charge in [0.15, 0.2) is 5.69 Å². The van der Waals surface area contributed by atoms with Crippen LogP contribution in [0.4, 0.5) is 22.0 Å². The molecule has 0 radical (unpaired) electrons. The van der Waals surface area contributed by atoms with Crippen molar-refractivity contribution in [2.24, 2.45) is 0 Å². The molecule has 0 saturated heterocycles. The fraction of sp³-hybridized carbons (Fsp3) is 0.375. The van der Waals surface area contributed by atoms with Gasteiger partial charge in [0.25, 0.3) is 6.43 Å². The van der Waals surface area contributed by atoms with E-state index in [1.165, 1.54) is 0 Å². The molecule has 0 aliphatic carbocycles. The minimum absolute atomic E-state index is 0.375. The van der Waals surface area contributed by atoms with Crippen LogP contribution < -0.4 is 0 Å². The van der Waals surface area contributed by atoms with Gasteiger partial charge in [-0.15, -0.1) is 0 Å². The molecule has 0 saturated carbocycles. The van der Waals surface area contributed by atoms with Crippen molar-refractivity contribution in [3.8, 4) is 5.75 Å². The Morgan fingerprint density at radius 1 is 1.31 bits per heavy atom. The second-order valence-electron chi connectivity index (χ2n) is 2.84. The molecule has 0 atom stereocenters. The lowest BCUT2D eigenvalue weighted by molar-refractivity contribution is -0.143. The third kappa shape index (κ3) is 2.21. The van der Waals surface area contributed by atoms with Crippen LogP contribution in [0.15, 0.2) is 6.20 Å². The Morgan fingerprint density at radius 2 is 1.88 bits per heavy atom. The van der Waals surface area contributed by atoms with E-state index >= 15 is 0 Å². The van der Waals surface area contributed by atoms with Gasteiger partial charge in [0.05, 0.1) is 18.4 Å². The molecule has 16 heavy (non-hydrogen) atoms. The topological polar surface area (TPSA) is 53.4 Å². The quantitative estimate of drug-likeness (QED) is 0.783. The van der Waals surface area contributed by atoms with Crippen molar-refractivity contribution < 1.29 is 32.2 Å². The summed E-state index contributed by atoms with van der Waals surface area (Å²) in [7, 11) is 0. The van der Waals surface area contributed by atoms with Gasteiger partial charge in [0, 0.05) is 5.56 Å². The van der Waals surface area contributed by atoms with E-state index in [1.54, 1.807) is 0 Å². The molecule has 8 heteroatoms. The van der Waals surface area contributed by atoms with Gasteiger partial charge in [-0.2, -0.15) is 13.2 Å². The lowest BCUT2D eigenvalue weighted by Gasteiger charge is -2.15. The third-order valence-electron chi connectivity index (χ3n) is 1.85. The molecule has 90 valence electrons. The number of nitrogens with zero attached hydrogens (tertiary/aromatic N) is 1. The van der Waals surface area contributed by atoms with Gasteiger partial charge in [-0.1, -0.05) is 0 Å². The van der Waals surface area contributed by atoms with Crippen LogP contribution in [0.2, 0.25) is 0 Å². The highest BCUT2D eigenvalue weighted by Crippen LogP contribution is 2.39. The normalized spacial score (nSPS) is 12.2. The maximum atomic E-state index is 12.4. The van der Waals surface area contributed by atoms with Gasteiger partial charge in [-0.3, -0.25) is 0 Å². The first-order chi connectivity index (χ1) is 7.29. The second kappa shape index (κ2) is 4.20. The molecule has 0 aromatic carbocycles. The standard InChI is InChI=1S/C8H6F5NO2/c9-7(10)5-3(2-15)4(16)1-14-6(5)8(11,12)13/h1,7,15-16H,2H2. The minimum atomic E-state index is -5.07. The molecule has 0 fully saturated rings. The molecule has 1 heterocycles. The zero-order valence-electron chi connectivity index (χ0n) is 7.59. The molecule has 0 aliphatic rings. The summed E-state index contributed by atoms with van der Waals surface area (Å²) >= 11 is 0. The highest BCUT2D eigenvalue weighted by Gasteiger charge is 2.39. The summed E-state index contributed by atoms with van der Waals surface area (Å²) in [5, 5.41) is 17.7. The first kappa shape index (κ1) is 12.6. The molecule has 2 N–H and O–H groups in total. The largest absolute Gasteiger partial charge is 0.506 e. The van der Waals surface area contributed by atoms with Gasteiger partial charge >= 0.3 is 6.18 Å². The van der Waals surface area contributed by atoms with Crippen molar-refractivity contribution in [3.63, 3.8) is 0 Å². The summed E-state index contributed by atoms with van der Waals surface area (Å²) in [6.45, 7) is -1.13. The summed E-state index contributed by atoms with van der Waals surface area (Å²) in [5.41, 5.74) is -4.16. The SMILES string of the molecule is OCc1c(O)cnc(C(F)(F)F)c1C(F)F. The molecule has 0 unspecified atom stereocenters. The molecule has 0 spiro atoms. The molecule has 0 aliphatic heterocycles. The van der Waals surface area contributed by atoms with E-state index < -0.39 is 41.8 Å². The van der Waals surface area contributed by atoms with Crippen LogP contribution in [0.3, 0.4) is 0 Å². The zero-order valence-corrected chi connectivity index (χ0v) is 7.59. The minimum Gasteiger partial charge on any atom is -0.506 e. The monoisotopic (exact) mass is 243 g/mol. The zero-order chi connectivity index (χ0) is 12.5. The van der Waals surface area contributed by atoms with Crippen LogP contribution in [-0.2, 0) is 12.8 Å². The Kier molecular flexibility index (Phi) is 3.32. The van der Waals surface area contributed by atoms with E-state index in [-0.39, 0.29) is 0 Å². The molecule has 1 rings (SSSR count). The first-order valence-electron chi connectivity index (χ1n) is 3.96. The molecule has 0 amide bonds. The van der Waals surface area contributed by atoms with E-state index in [0.717, 1.165) is 0 Å². The summed E-state index contributed by atoms with van der Waals surface area (Å²) in [4.78, 5) is 2.71. The lowest BCUT2D eigenvalue weighted by atomic mass is 10.1. The molecule has 3 nitrogen and oxygen atoms in total. The number of aromatic nitrogens is 1. The van der Waals surface area contributed by atoms with Crippen LogP contribution in [-0.4, -0.2) is 15.2 Å². The Labute approximate surface area is 86.2 Å². The van der Waals surface area contributed by atoms with E-state index in [2.05, 4.69) is 4.98 Å². The number of alkyl halides is 5. The van der Waals surface area contributed by atoms with Gasteiger partial charge in [0.1, 0.15) is 5.75 Å². The smallest absolute Gasteiger partial charge is 0.433 e. The number of rotatable bonds is 2. The number of pyridine rings is 1. The summed E-state index contributed by atoms with van der Waals surface area (Å²) in [5.74, 6) is -0.897. The van der Waals surface area contributed by atoms with Crippen LogP contribution >= 0.6 is 0 Å². The number of hydrogen-bond acceptors (Lipinski definition) is 3. The fourth-order valence-corrected chi connectivity index (χ4v) is 1.18.